The monoisotopic (exact) mass is 411 g/mol. The summed E-state index contributed by atoms with van der Waals surface area (Å²) in [5.41, 5.74) is 1.90. The molecule has 29 heavy (non-hydrogen) atoms. The maximum Gasteiger partial charge on any atom is 0.239 e. The first kappa shape index (κ1) is 20.9. The number of methoxy groups -OCH3 is 1. The molecule has 0 radical (unpaired) electrons. The van der Waals surface area contributed by atoms with Crippen molar-refractivity contribution in [3.8, 4) is 11.5 Å². The van der Waals surface area contributed by atoms with E-state index in [2.05, 4.69) is 22.4 Å². The summed E-state index contributed by atoms with van der Waals surface area (Å²) in [6.45, 7) is 2.80. The summed E-state index contributed by atoms with van der Waals surface area (Å²) in [4.78, 5) is 12.3. The molecule has 0 saturated carbocycles. The maximum absolute atomic E-state index is 12.3. The number of thioether (sulfide) groups is 1. The molecule has 1 saturated heterocycles. The summed E-state index contributed by atoms with van der Waals surface area (Å²) in [6, 6.07) is 15.4. The molecule has 1 amide bonds. The molecule has 0 aliphatic carbocycles. The number of para-hydroxylation sites is 1. The summed E-state index contributed by atoms with van der Waals surface area (Å²) in [7, 11) is 1.63. The third-order valence-corrected chi connectivity index (χ3v) is 5.42. The highest BCUT2D eigenvalue weighted by atomic mass is 32.2. The molecule has 2 aromatic carbocycles. The minimum Gasteiger partial charge on any atom is -0.497 e. The lowest BCUT2D eigenvalue weighted by molar-refractivity contribution is -0.118. The number of amidine groups is 1. The summed E-state index contributed by atoms with van der Waals surface area (Å²) in [5.74, 6) is 1.50. The van der Waals surface area contributed by atoms with Gasteiger partial charge >= 0.3 is 0 Å². The van der Waals surface area contributed by atoms with E-state index in [1.54, 1.807) is 13.3 Å². The molecule has 2 aromatic rings. The lowest BCUT2D eigenvalue weighted by atomic mass is 10.1. The Kier molecular flexibility index (Phi) is 7.69. The van der Waals surface area contributed by atoms with Gasteiger partial charge in [-0.3, -0.25) is 4.79 Å². The Morgan fingerprint density at radius 3 is 2.90 bits per heavy atom. The van der Waals surface area contributed by atoms with Crippen LogP contribution >= 0.6 is 11.8 Å². The predicted octanol–water partition coefficient (Wildman–Crippen LogP) is 4.04. The van der Waals surface area contributed by atoms with Gasteiger partial charge in [0.2, 0.25) is 5.91 Å². The molecule has 1 aliphatic heterocycles. The van der Waals surface area contributed by atoms with Crippen LogP contribution in [0, 0.1) is 0 Å². The normalized spacial score (nSPS) is 17.7. The maximum atomic E-state index is 12.3. The van der Waals surface area contributed by atoms with Crippen LogP contribution in [0.15, 0.2) is 58.7 Å². The molecule has 1 heterocycles. The van der Waals surface area contributed by atoms with E-state index >= 15 is 0 Å². The van der Waals surface area contributed by atoms with E-state index in [9.17, 15) is 4.79 Å². The standard InChI is InChI=1S/C22H25N3O3S/c1-3-4-12-28-19-11-6-5-9-17(19)15-23-25-22-24-21(26)20(29-22)14-16-8-7-10-18(13-16)27-2/h5-11,13,15,20H,3-4,12,14H2,1-2H3,(H,24,25,26)/b23-15-/t20-/m0/s1. The van der Waals surface area contributed by atoms with Crippen LogP contribution in [-0.2, 0) is 11.2 Å². The fourth-order valence-electron chi connectivity index (χ4n) is 2.79. The van der Waals surface area contributed by atoms with Gasteiger partial charge in [-0.15, -0.1) is 5.10 Å². The lowest BCUT2D eigenvalue weighted by Gasteiger charge is -2.07. The van der Waals surface area contributed by atoms with E-state index in [0.29, 0.717) is 18.2 Å². The van der Waals surface area contributed by atoms with Crippen LogP contribution in [0.4, 0.5) is 0 Å². The highest BCUT2D eigenvalue weighted by Crippen LogP contribution is 2.25. The van der Waals surface area contributed by atoms with Crippen LogP contribution in [0.25, 0.3) is 0 Å². The molecule has 1 fully saturated rings. The van der Waals surface area contributed by atoms with Gasteiger partial charge in [0.1, 0.15) is 11.5 Å². The molecule has 3 rings (SSSR count). The number of hydrogen-bond donors (Lipinski definition) is 1. The highest BCUT2D eigenvalue weighted by molar-refractivity contribution is 8.15. The van der Waals surface area contributed by atoms with E-state index in [-0.39, 0.29) is 11.2 Å². The Balaban J connectivity index is 1.61. The van der Waals surface area contributed by atoms with E-state index in [1.807, 2.05) is 48.5 Å². The summed E-state index contributed by atoms with van der Waals surface area (Å²) < 4.78 is 11.0. The zero-order valence-electron chi connectivity index (χ0n) is 16.6. The summed E-state index contributed by atoms with van der Waals surface area (Å²) in [5, 5.41) is 11.4. The van der Waals surface area contributed by atoms with Crippen molar-refractivity contribution in [2.75, 3.05) is 13.7 Å². The van der Waals surface area contributed by atoms with E-state index in [1.165, 1.54) is 11.8 Å². The molecule has 7 heteroatoms. The predicted molar refractivity (Wildman–Crippen MR) is 118 cm³/mol. The number of carbonyl (C=O) groups excluding carboxylic acids is 1. The van der Waals surface area contributed by atoms with Gasteiger partial charge in [-0.2, -0.15) is 5.10 Å². The molecule has 152 valence electrons. The SMILES string of the molecule is CCCCOc1ccccc1/C=N\N=C1/NC(=O)[C@H](Cc2cccc(OC)c2)S1. The Morgan fingerprint density at radius 1 is 1.21 bits per heavy atom. The molecular formula is C22H25N3O3S. The number of unbranched alkanes of at least 4 members (excludes halogenated alkanes) is 1. The van der Waals surface area contributed by atoms with Crippen molar-refractivity contribution in [3.63, 3.8) is 0 Å². The van der Waals surface area contributed by atoms with Gasteiger partial charge in [0.15, 0.2) is 5.17 Å². The molecule has 0 aromatic heterocycles. The van der Waals surface area contributed by atoms with Crippen LogP contribution in [-0.4, -0.2) is 36.3 Å². The van der Waals surface area contributed by atoms with E-state index in [4.69, 9.17) is 9.47 Å². The van der Waals surface area contributed by atoms with Crippen LogP contribution in [0.1, 0.15) is 30.9 Å². The number of ether oxygens (including phenoxy) is 2. The fraction of sp³-hybridized carbons (Fsp3) is 0.318. The van der Waals surface area contributed by atoms with Gasteiger partial charge in [-0.05, 0) is 42.7 Å². The van der Waals surface area contributed by atoms with Crippen LogP contribution in [0.5, 0.6) is 11.5 Å². The number of benzene rings is 2. The number of amides is 1. The number of hydrogen-bond acceptors (Lipinski definition) is 6. The summed E-state index contributed by atoms with van der Waals surface area (Å²) in [6.07, 6.45) is 4.34. The number of rotatable bonds is 9. The Bertz CT molecular complexity index is 898. The van der Waals surface area contributed by atoms with Crippen molar-refractivity contribution in [1.29, 1.82) is 0 Å². The smallest absolute Gasteiger partial charge is 0.239 e. The van der Waals surface area contributed by atoms with Crippen LogP contribution in [0.2, 0.25) is 0 Å². The van der Waals surface area contributed by atoms with Crippen molar-refractivity contribution in [2.45, 2.75) is 31.4 Å². The minimum atomic E-state index is -0.235. The first-order valence-electron chi connectivity index (χ1n) is 9.63. The molecule has 1 N–H and O–H groups in total. The van der Waals surface area contributed by atoms with Crippen molar-refractivity contribution in [3.05, 3.63) is 59.7 Å². The van der Waals surface area contributed by atoms with Crippen molar-refractivity contribution in [1.82, 2.24) is 5.32 Å². The second-order valence-electron chi connectivity index (χ2n) is 6.54. The molecule has 0 spiro atoms. The van der Waals surface area contributed by atoms with Gasteiger partial charge in [-0.25, -0.2) is 0 Å². The van der Waals surface area contributed by atoms with Gasteiger partial charge in [0, 0.05) is 5.56 Å². The van der Waals surface area contributed by atoms with Gasteiger partial charge < -0.3 is 14.8 Å². The van der Waals surface area contributed by atoms with Crippen molar-refractivity contribution in [2.24, 2.45) is 10.2 Å². The number of nitrogens with one attached hydrogen (secondary N) is 1. The average molecular weight is 412 g/mol. The van der Waals surface area contributed by atoms with E-state index < -0.39 is 0 Å². The quantitative estimate of drug-likeness (QED) is 0.384. The zero-order valence-corrected chi connectivity index (χ0v) is 17.4. The fourth-order valence-corrected chi connectivity index (χ4v) is 3.75. The highest BCUT2D eigenvalue weighted by Gasteiger charge is 2.30. The topological polar surface area (TPSA) is 72.3 Å². The zero-order chi connectivity index (χ0) is 20.5. The first-order chi connectivity index (χ1) is 14.2. The van der Waals surface area contributed by atoms with E-state index in [0.717, 1.165) is 35.5 Å². The minimum absolute atomic E-state index is 0.0601. The Morgan fingerprint density at radius 2 is 2.07 bits per heavy atom. The molecule has 1 atom stereocenters. The second-order valence-corrected chi connectivity index (χ2v) is 7.73. The molecule has 1 aliphatic rings. The van der Waals surface area contributed by atoms with Crippen LogP contribution < -0.4 is 14.8 Å². The number of carbonyl (C=O) groups is 1. The second kappa shape index (κ2) is 10.7. The third kappa shape index (κ3) is 6.09. The van der Waals surface area contributed by atoms with Crippen molar-refractivity contribution >= 4 is 29.1 Å². The molecule has 6 nitrogen and oxygen atoms in total. The van der Waals surface area contributed by atoms with Crippen molar-refractivity contribution < 1.29 is 14.3 Å². The van der Waals surface area contributed by atoms with Gasteiger partial charge in [0.05, 0.1) is 25.2 Å². The van der Waals surface area contributed by atoms with Gasteiger partial charge in [0.25, 0.3) is 0 Å². The van der Waals surface area contributed by atoms with Gasteiger partial charge in [-0.1, -0.05) is 49.4 Å². The molecular weight excluding hydrogens is 386 g/mol. The molecule has 0 bridgehead atoms. The van der Waals surface area contributed by atoms with Crippen LogP contribution in [0.3, 0.4) is 0 Å². The summed E-state index contributed by atoms with van der Waals surface area (Å²) >= 11 is 1.39. The Hall–Kier alpha value is -2.80. The number of nitrogens with zero attached hydrogens (tertiary/aromatic N) is 2. The molecule has 0 unspecified atom stereocenters. The first-order valence-corrected chi connectivity index (χ1v) is 10.5. The third-order valence-electron chi connectivity index (χ3n) is 4.35. The Labute approximate surface area is 175 Å². The largest absolute Gasteiger partial charge is 0.497 e. The average Bonchev–Trinajstić information content (AvgIpc) is 3.08. The lowest BCUT2D eigenvalue weighted by Crippen LogP contribution is -2.25.